The summed E-state index contributed by atoms with van der Waals surface area (Å²) < 4.78 is 1.67. The van der Waals surface area contributed by atoms with E-state index in [1.165, 1.54) is 6.33 Å². The van der Waals surface area contributed by atoms with E-state index < -0.39 is 5.54 Å². The number of fused-ring (bicyclic) bond motifs is 1. The lowest BCUT2D eigenvalue weighted by Gasteiger charge is -2.43. The normalized spacial score (nSPS) is 20.6. The maximum Gasteiger partial charge on any atom is 0.275 e. The quantitative estimate of drug-likeness (QED) is 0.701. The number of amides is 3. The van der Waals surface area contributed by atoms with Crippen molar-refractivity contribution in [2.45, 2.75) is 71.1 Å². The molecule has 176 valence electrons. The molecule has 0 saturated heterocycles. The van der Waals surface area contributed by atoms with Gasteiger partial charge in [0.25, 0.3) is 11.8 Å². The zero-order chi connectivity index (χ0) is 23.6. The molecule has 1 aliphatic carbocycles. The molecule has 1 fully saturated rings. The molecule has 0 bridgehead atoms. The van der Waals surface area contributed by atoms with Crippen LogP contribution in [0.25, 0.3) is 0 Å². The molecule has 1 aromatic heterocycles. The summed E-state index contributed by atoms with van der Waals surface area (Å²) in [5, 5.41) is 3.15. The van der Waals surface area contributed by atoms with Crippen molar-refractivity contribution in [2.24, 2.45) is 0 Å². The van der Waals surface area contributed by atoms with Gasteiger partial charge in [-0.25, -0.2) is 4.98 Å². The van der Waals surface area contributed by atoms with E-state index in [9.17, 15) is 14.4 Å². The maximum atomic E-state index is 13.6. The van der Waals surface area contributed by atoms with Crippen LogP contribution in [0, 0.1) is 0 Å². The van der Waals surface area contributed by atoms with E-state index in [0.717, 1.165) is 31.2 Å². The molecule has 0 spiro atoms. The molecule has 1 aromatic carbocycles. The Morgan fingerprint density at radius 2 is 1.88 bits per heavy atom. The van der Waals surface area contributed by atoms with Gasteiger partial charge in [-0.1, -0.05) is 43.2 Å². The largest absolute Gasteiger partial charge is 0.351 e. The van der Waals surface area contributed by atoms with Gasteiger partial charge in [-0.05, 0) is 39.2 Å². The van der Waals surface area contributed by atoms with Crippen molar-refractivity contribution < 1.29 is 14.4 Å². The van der Waals surface area contributed by atoms with Crippen LogP contribution in [0.1, 0.15) is 73.0 Å². The monoisotopic (exact) mass is 451 g/mol. The van der Waals surface area contributed by atoms with Gasteiger partial charge in [-0.2, -0.15) is 0 Å². The Balaban J connectivity index is 1.60. The van der Waals surface area contributed by atoms with E-state index in [1.807, 2.05) is 44.2 Å². The molecule has 1 aliphatic heterocycles. The summed E-state index contributed by atoms with van der Waals surface area (Å²) in [6.45, 7) is 7.15. The van der Waals surface area contributed by atoms with Gasteiger partial charge < -0.3 is 19.7 Å². The first-order chi connectivity index (χ1) is 15.9. The third-order valence-corrected chi connectivity index (χ3v) is 6.94. The van der Waals surface area contributed by atoms with Crippen molar-refractivity contribution in [3.63, 3.8) is 0 Å². The standard InChI is InChI=1S/C25H33N5O3/c1-4-28(15-18-11-7-6-8-12-18)22(31)20-21-23(32)30(5-2)25(3,16-29(21)17-26-20)24(33)27-19-13-9-10-14-19/h6-8,11-12,17,19H,4-5,9-10,13-16H2,1-3H3,(H,27,33)/t25-/m0/s1. The Hall–Kier alpha value is -3.16. The first-order valence-corrected chi connectivity index (χ1v) is 11.9. The predicted octanol–water partition coefficient (Wildman–Crippen LogP) is 2.84. The number of rotatable bonds is 7. The second kappa shape index (κ2) is 9.37. The summed E-state index contributed by atoms with van der Waals surface area (Å²) in [4.78, 5) is 47.9. The molecule has 33 heavy (non-hydrogen) atoms. The molecule has 8 heteroatoms. The van der Waals surface area contributed by atoms with Crippen molar-refractivity contribution in [1.29, 1.82) is 0 Å². The number of carbonyl (C=O) groups is 3. The van der Waals surface area contributed by atoms with Crippen LogP contribution >= 0.6 is 0 Å². The Morgan fingerprint density at radius 1 is 1.18 bits per heavy atom. The van der Waals surface area contributed by atoms with E-state index >= 15 is 0 Å². The van der Waals surface area contributed by atoms with Crippen LogP contribution in [0.3, 0.4) is 0 Å². The molecule has 3 amide bonds. The summed E-state index contributed by atoms with van der Waals surface area (Å²) in [6.07, 6.45) is 5.71. The lowest BCUT2D eigenvalue weighted by molar-refractivity contribution is -0.133. The molecule has 8 nitrogen and oxygen atoms in total. The highest BCUT2D eigenvalue weighted by Crippen LogP contribution is 2.30. The van der Waals surface area contributed by atoms with Crippen LogP contribution in [0.15, 0.2) is 36.7 Å². The maximum absolute atomic E-state index is 13.6. The number of likely N-dealkylation sites (N-methyl/N-ethyl adjacent to an activating group) is 1. The van der Waals surface area contributed by atoms with Crippen LogP contribution in [0.4, 0.5) is 0 Å². The molecule has 2 heterocycles. The molecular weight excluding hydrogens is 418 g/mol. The fourth-order valence-corrected chi connectivity index (χ4v) is 5.03. The summed E-state index contributed by atoms with van der Waals surface area (Å²) >= 11 is 0. The summed E-state index contributed by atoms with van der Waals surface area (Å²) in [5.74, 6) is -0.751. The van der Waals surface area contributed by atoms with Crippen molar-refractivity contribution in [3.8, 4) is 0 Å². The van der Waals surface area contributed by atoms with E-state index in [2.05, 4.69) is 10.3 Å². The smallest absolute Gasteiger partial charge is 0.275 e. The Kier molecular flexibility index (Phi) is 6.54. The van der Waals surface area contributed by atoms with Gasteiger partial charge >= 0.3 is 0 Å². The highest BCUT2D eigenvalue weighted by Gasteiger charge is 2.48. The average Bonchev–Trinajstić information content (AvgIpc) is 3.48. The third-order valence-electron chi connectivity index (χ3n) is 6.94. The van der Waals surface area contributed by atoms with Crippen LogP contribution in [0.2, 0.25) is 0 Å². The SMILES string of the molecule is CCN(Cc1ccccc1)C(=O)c1ncn2c1C(=O)N(CC)[C@](C)(C(=O)NC1CCCC1)C2. The summed E-state index contributed by atoms with van der Waals surface area (Å²) in [7, 11) is 0. The van der Waals surface area contributed by atoms with Gasteiger partial charge in [-0.3, -0.25) is 14.4 Å². The molecule has 2 aromatic rings. The third kappa shape index (κ3) is 4.26. The van der Waals surface area contributed by atoms with Gasteiger partial charge in [0.1, 0.15) is 11.2 Å². The molecular formula is C25H33N5O3. The van der Waals surface area contributed by atoms with E-state index in [-0.39, 0.29) is 41.7 Å². The first kappa shape index (κ1) is 23.0. The lowest BCUT2D eigenvalue weighted by Crippen LogP contribution is -2.64. The molecule has 4 rings (SSSR count). The fraction of sp³-hybridized carbons (Fsp3) is 0.520. The molecule has 2 aliphatic rings. The van der Waals surface area contributed by atoms with Crippen LogP contribution < -0.4 is 5.32 Å². The van der Waals surface area contributed by atoms with Crippen molar-refractivity contribution in [3.05, 3.63) is 53.6 Å². The Morgan fingerprint density at radius 3 is 2.52 bits per heavy atom. The van der Waals surface area contributed by atoms with Gasteiger partial charge in [-0.15, -0.1) is 0 Å². The predicted molar refractivity (Wildman–Crippen MR) is 125 cm³/mol. The van der Waals surface area contributed by atoms with E-state index in [4.69, 9.17) is 0 Å². The van der Waals surface area contributed by atoms with Crippen molar-refractivity contribution in [1.82, 2.24) is 24.7 Å². The number of hydrogen-bond donors (Lipinski definition) is 1. The molecule has 0 radical (unpaired) electrons. The number of carbonyl (C=O) groups excluding carboxylic acids is 3. The minimum Gasteiger partial charge on any atom is -0.351 e. The topological polar surface area (TPSA) is 87.5 Å². The highest BCUT2D eigenvalue weighted by molar-refractivity contribution is 6.07. The number of imidazole rings is 1. The first-order valence-electron chi connectivity index (χ1n) is 11.9. The summed E-state index contributed by atoms with van der Waals surface area (Å²) in [5.41, 5.74) is 0.393. The molecule has 0 unspecified atom stereocenters. The van der Waals surface area contributed by atoms with Crippen molar-refractivity contribution in [2.75, 3.05) is 13.1 Å². The highest BCUT2D eigenvalue weighted by atomic mass is 16.2. The van der Waals surface area contributed by atoms with Crippen molar-refractivity contribution >= 4 is 17.7 Å². The minimum atomic E-state index is -1.03. The van der Waals surface area contributed by atoms with Crippen LogP contribution in [-0.2, 0) is 17.9 Å². The number of benzene rings is 1. The zero-order valence-electron chi connectivity index (χ0n) is 19.7. The fourth-order valence-electron chi connectivity index (χ4n) is 5.03. The number of nitrogens with zero attached hydrogens (tertiary/aromatic N) is 4. The van der Waals surface area contributed by atoms with Gasteiger partial charge in [0, 0.05) is 25.7 Å². The van der Waals surface area contributed by atoms with Crippen LogP contribution in [0.5, 0.6) is 0 Å². The number of hydrogen-bond acceptors (Lipinski definition) is 4. The van der Waals surface area contributed by atoms with Gasteiger partial charge in [0.15, 0.2) is 5.69 Å². The number of aromatic nitrogens is 2. The molecule has 1 atom stereocenters. The lowest BCUT2D eigenvalue weighted by atomic mass is 9.93. The van der Waals surface area contributed by atoms with Crippen LogP contribution in [-0.4, -0.2) is 61.7 Å². The van der Waals surface area contributed by atoms with Gasteiger partial charge in [0.05, 0.1) is 12.9 Å². The van der Waals surface area contributed by atoms with E-state index in [1.54, 1.807) is 21.3 Å². The Labute approximate surface area is 195 Å². The Bertz CT molecular complexity index is 1030. The summed E-state index contributed by atoms with van der Waals surface area (Å²) in [6, 6.07) is 9.91. The minimum absolute atomic E-state index is 0.143. The average molecular weight is 452 g/mol. The number of nitrogens with one attached hydrogen (secondary N) is 1. The second-order valence-electron chi connectivity index (χ2n) is 9.15. The molecule has 1 saturated carbocycles. The second-order valence-corrected chi connectivity index (χ2v) is 9.15. The molecule has 1 N–H and O–H groups in total. The zero-order valence-corrected chi connectivity index (χ0v) is 19.7. The van der Waals surface area contributed by atoms with E-state index in [0.29, 0.717) is 19.6 Å². The van der Waals surface area contributed by atoms with Gasteiger partial charge in [0.2, 0.25) is 5.91 Å².